The summed E-state index contributed by atoms with van der Waals surface area (Å²) in [5, 5.41) is 2.59. The molecule has 32 heavy (non-hydrogen) atoms. The monoisotopic (exact) mass is 443 g/mol. The number of hydrogen-bond acceptors (Lipinski definition) is 5. The van der Waals surface area contributed by atoms with E-state index in [1.807, 2.05) is 0 Å². The highest BCUT2D eigenvalue weighted by molar-refractivity contribution is 6.05. The molecule has 1 saturated heterocycles. The fourth-order valence-electron chi connectivity index (χ4n) is 3.41. The first-order chi connectivity index (χ1) is 15.4. The van der Waals surface area contributed by atoms with Gasteiger partial charge in [0.2, 0.25) is 0 Å². The third kappa shape index (κ3) is 5.75. The van der Waals surface area contributed by atoms with E-state index in [9.17, 15) is 18.8 Å². The first-order valence-electron chi connectivity index (χ1n) is 10.5. The van der Waals surface area contributed by atoms with Crippen LogP contribution in [0.15, 0.2) is 36.4 Å². The van der Waals surface area contributed by atoms with Crippen molar-refractivity contribution in [2.75, 3.05) is 31.6 Å². The summed E-state index contributed by atoms with van der Waals surface area (Å²) in [7, 11) is 0. The number of carbonyl (C=O) groups is 3. The molecule has 1 aliphatic heterocycles. The number of primary amides is 1. The van der Waals surface area contributed by atoms with Crippen molar-refractivity contribution < 1.29 is 28.2 Å². The molecule has 2 aromatic rings. The highest BCUT2D eigenvalue weighted by Crippen LogP contribution is 2.29. The van der Waals surface area contributed by atoms with Gasteiger partial charge < -0.3 is 25.4 Å². The summed E-state index contributed by atoms with van der Waals surface area (Å²) in [4.78, 5) is 38.1. The number of likely N-dealkylation sites (tertiary alicyclic amines) is 1. The van der Waals surface area contributed by atoms with E-state index in [2.05, 4.69) is 5.32 Å². The van der Waals surface area contributed by atoms with Crippen molar-refractivity contribution in [3.8, 4) is 11.5 Å². The lowest BCUT2D eigenvalue weighted by Gasteiger charge is -2.26. The van der Waals surface area contributed by atoms with Crippen LogP contribution in [0.2, 0.25) is 0 Å². The summed E-state index contributed by atoms with van der Waals surface area (Å²) in [5.41, 5.74) is 5.30. The Balaban J connectivity index is 1.70. The van der Waals surface area contributed by atoms with Crippen molar-refractivity contribution in [1.29, 1.82) is 0 Å². The van der Waals surface area contributed by atoms with Crippen LogP contribution in [0, 0.1) is 5.82 Å². The number of piperidine rings is 1. The number of nitrogens with zero attached hydrogens (tertiary/aromatic N) is 1. The maximum Gasteiger partial charge on any atom is 0.260 e. The zero-order chi connectivity index (χ0) is 23.1. The summed E-state index contributed by atoms with van der Waals surface area (Å²) in [6.07, 6.45) is 3.12. The van der Waals surface area contributed by atoms with Crippen LogP contribution in [0.25, 0.3) is 0 Å². The van der Waals surface area contributed by atoms with Gasteiger partial charge in [0.05, 0.1) is 12.2 Å². The second kappa shape index (κ2) is 10.6. The largest absolute Gasteiger partial charge is 0.490 e. The van der Waals surface area contributed by atoms with E-state index < -0.39 is 17.6 Å². The first kappa shape index (κ1) is 23.1. The van der Waals surface area contributed by atoms with Crippen molar-refractivity contribution in [2.45, 2.75) is 26.2 Å². The molecule has 0 spiro atoms. The van der Waals surface area contributed by atoms with E-state index >= 15 is 0 Å². The van der Waals surface area contributed by atoms with Crippen molar-refractivity contribution >= 4 is 23.4 Å². The Morgan fingerprint density at radius 1 is 1.03 bits per heavy atom. The second-order valence-corrected chi connectivity index (χ2v) is 7.34. The summed E-state index contributed by atoms with van der Waals surface area (Å²) < 4.78 is 24.9. The molecule has 0 bridgehead atoms. The van der Waals surface area contributed by atoms with Crippen LogP contribution in [-0.2, 0) is 4.79 Å². The van der Waals surface area contributed by atoms with E-state index in [1.54, 1.807) is 17.9 Å². The Morgan fingerprint density at radius 2 is 1.78 bits per heavy atom. The average molecular weight is 443 g/mol. The molecular weight excluding hydrogens is 417 g/mol. The third-order valence-electron chi connectivity index (χ3n) is 5.06. The number of amides is 3. The number of ether oxygens (including phenoxy) is 2. The van der Waals surface area contributed by atoms with Crippen molar-refractivity contribution in [1.82, 2.24) is 4.90 Å². The molecule has 0 unspecified atom stereocenters. The number of nitrogens with one attached hydrogen (secondary N) is 1. The van der Waals surface area contributed by atoms with Crippen molar-refractivity contribution in [2.24, 2.45) is 5.73 Å². The molecule has 170 valence electrons. The zero-order valence-electron chi connectivity index (χ0n) is 17.9. The summed E-state index contributed by atoms with van der Waals surface area (Å²) in [6.45, 7) is 3.48. The molecule has 1 fully saturated rings. The van der Waals surface area contributed by atoms with Gasteiger partial charge in [0.25, 0.3) is 17.7 Å². The molecule has 3 rings (SSSR count). The number of rotatable bonds is 8. The van der Waals surface area contributed by atoms with Gasteiger partial charge in [-0.15, -0.1) is 0 Å². The number of carbonyl (C=O) groups excluding carboxylic acids is 3. The van der Waals surface area contributed by atoms with Gasteiger partial charge in [-0.25, -0.2) is 4.39 Å². The Bertz CT molecular complexity index is 1010. The lowest BCUT2D eigenvalue weighted by Crippen LogP contribution is -2.38. The SMILES string of the molecule is CCOc1cc(C(=O)Nc2ccc(F)c(C(N)=O)c2)ccc1OCC(=O)N1CCCCC1. The Hall–Kier alpha value is -3.62. The number of halogens is 1. The minimum atomic E-state index is -0.933. The molecular formula is C23H26FN3O5. The molecule has 1 aliphatic rings. The molecule has 0 saturated carbocycles. The predicted molar refractivity (Wildman–Crippen MR) is 116 cm³/mol. The lowest BCUT2D eigenvalue weighted by molar-refractivity contribution is -0.134. The molecule has 8 nitrogen and oxygen atoms in total. The summed E-state index contributed by atoms with van der Waals surface area (Å²) in [5.74, 6) is -1.61. The normalized spacial score (nSPS) is 13.4. The maximum atomic E-state index is 13.6. The first-order valence-corrected chi connectivity index (χ1v) is 10.5. The molecule has 2 aromatic carbocycles. The van der Waals surface area contributed by atoms with Gasteiger partial charge in [0, 0.05) is 24.3 Å². The Labute approximate surface area is 185 Å². The fourth-order valence-corrected chi connectivity index (χ4v) is 3.41. The van der Waals surface area contributed by atoms with Gasteiger partial charge in [-0.1, -0.05) is 0 Å². The standard InChI is InChI=1S/C23H26FN3O5/c1-2-31-20-12-15(23(30)26-16-7-8-18(24)17(13-16)22(25)29)6-9-19(20)32-14-21(28)27-10-4-3-5-11-27/h6-9,12-13H,2-5,10-11,14H2,1H3,(H2,25,29)(H,26,30). The number of benzene rings is 2. The highest BCUT2D eigenvalue weighted by atomic mass is 19.1. The Morgan fingerprint density at radius 3 is 2.47 bits per heavy atom. The molecule has 1 heterocycles. The van der Waals surface area contributed by atoms with Gasteiger partial charge in [0.1, 0.15) is 5.82 Å². The van der Waals surface area contributed by atoms with Crippen LogP contribution in [-0.4, -0.2) is 48.9 Å². The summed E-state index contributed by atoms with van der Waals surface area (Å²) >= 11 is 0. The van der Waals surface area contributed by atoms with Gasteiger partial charge in [0.15, 0.2) is 18.1 Å². The average Bonchev–Trinajstić information content (AvgIpc) is 2.79. The van der Waals surface area contributed by atoms with Crippen LogP contribution >= 0.6 is 0 Å². The van der Waals surface area contributed by atoms with Gasteiger partial charge in [-0.2, -0.15) is 0 Å². The van der Waals surface area contributed by atoms with Crippen molar-refractivity contribution in [3.63, 3.8) is 0 Å². The van der Waals surface area contributed by atoms with Crippen molar-refractivity contribution in [3.05, 3.63) is 53.3 Å². The number of nitrogens with two attached hydrogens (primary N) is 1. The number of anilines is 1. The zero-order valence-corrected chi connectivity index (χ0v) is 17.9. The highest BCUT2D eigenvalue weighted by Gasteiger charge is 2.19. The molecule has 3 N–H and O–H groups in total. The minimum Gasteiger partial charge on any atom is -0.490 e. The van der Waals surface area contributed by atoms with E-state index in [1.165, 1.54) is 24.3 Å². The van der Waals surface area contributed by atoms with Crippen LogP contribution in [0.3, 0.4) is 0 Å². The minimum absolute atomic E-state index is 0.0875. The molecule has 0 aliphatic carbocycles. The van der Waals surface area contributed by atoms with E-state index in [0.717, 1.165) is 38.4 Å². The van der Waals surface area contributed by atoms with Crippen LogP contribution in [0.5, 0.6) is 11.5 Å². The maximum absolute atomic E-state index is 13.6. The molecule has 9 heteroatoms. The van der Waals surface area contributed by atoms with Crippen LogP contribution < -0.4 is 20.5 Å². The fraction of sp³-hybridized carbons (Fsp3) is 0.348. The van der Waals surface area contributed by atoms with Crippen LogP contribution in [0.1, 0.15) is 46.9 Å². The van der Waals surface area contributed by atoms with Crippen LogP contribution in [0.4, 0.5) is 10.1 Å². The topological polar surface area (TPSA) is 111 Å². The molecule has 0 radical (unpaired) electrons. The van der Waals surface area contributed by atoms with E-state index in [-0.39, 0.29) is 29.3 Å². The molecule has 0 atom stereocenters. The smallest absolute Gasteiger partial charge is 0.260 e. The molecule has 0 aromatic heterocycles. The quantitative estimate of drug-likeness (QED) is 0.652. The molecule has 3 amide bonds. The third-order valence-corrected chi connectivity index (χ3v) is 5.06. The van der Waals surface area contributed by atoms with E-state index in [4.69, 9.17) is 15.2 Å². The van der Waals surface area contributed by atoms with Gasteiger partial charge >= 0.3 is 0 Å². The predicted octanol–water partition coefficient (Wildman–Crippen LogP) is 2.97. The lowest BCUT2D eigenvalue weighted by atomic mass is 10.1. The van der Waals surface area contributed by atoms with Gasteiger partial charge in [-0.05, 0) is 62.6 Å². The second-order valence-electron chi connectivity index (χ2n) is 7.34. The number of hydrogen-bond donors (Lipinski definition) is 2. The van der Waals surface area contributed by atoms with Gasteiger partial charge in [-0.3, -0.25) is 14.4 Å². The van der Waals surface area contributed by atoms with E-state index in [0.29, 0.717) is 18.1 Å². The summed E-state index contributed by atoms with van der Waals surface area (Å²) in [6, 6.07) is 8.13. The Kier molecular flexibility index (Phi) is 7.64.